The van der Waals surface area contributed by atoms with Crippen molar-refractivity contribution in [1.82, 2.24) is 24.8 Å². The third-order valence-electron chi connectivity index (χ3n) is 10.6. The van der Waals surface area contributed by atoms with E-state index >= 15 is 0 Å². The summed E-state index contributed by atoms with van der Waals surface area (Å²) in [7, 11) is -4.18. The van der Waals surface area contributed by atoms with E-state index in [1.54, 1.807) is 29.3 Å². The van der Waals surface area contributed by atoms with Crippen LogP contribution in [-0.4, -0.2) is 64.4 Å². The molecule has 0 radical (unpaired) electrons. The second kappa shape index (κ2) is 14.4. The van der Waals surface area contributed by atoms with E-state index in [1.165, 1.54) is 37.8 Å². The number of benzene rings is 2. The van der Waals surface area contributed by atoms with E-state index in [0.29, 0.717) is 29.8 Å². The van der Waals surface area contributed by atoms with Crippen LogP contribution in [0.4, 0.5) is 11.8 Å². The highest BCUT2D eigenvalue weighted by molar-refractivity contribution is 7.92. The summed E-state index contributed by atoms with van der Waals surface area (Å²) in [6, 6.07) is 13.8. The van der Waals surface area contributed by atoms with Crippen molar-refractivity contribution in [2.45, 2.75) is 103 Å². The maximum Gasteiger partial charge on any atom is 0.264 e. The van der Waals surface area contributed by atoms with Gasteiger partial charge in [-0.05, 0) is 80.2 Å². The van der Waals surface area contributed by atoms with Gasteiger partial charge in [0.25, 0.3) is 15.9 Å². The molecule has 276 valence electrons. The lowest BCUT2D eigenvalue weighted by Gasteiger charge is -2.35. The number of fused-ring (bicyclic) bond motifs is 5. The summed E-state index contributed by atoms with van der Waals surface area (Å²) in [4.78, 5) is 37.7. The number of ether oxygens (including phenoxy) is 1. The van der Waals surface area contributed by atoms with E-state index in [4.69, 9.17) is 9.72 Å². The van der Waals surface area contributed by atoms with Crippen LogP contribution in [-0.2, 0) is 16.6 Å². The molecule has 2 aliphatic heterocycles. The molecule has 1 aliphatic carbocycles. The molecular weight excluding hydrogens is 675 g/mol. The van der Waals surface area contributed by atoms with Gasteiger partial charge in [0.05, 0.1) is 41.3 Å². The van der Waals surface area contributed by atoms with Crippen molar-refractivity contribution >= 4 is 27.7 Å². The highest BCUT2D eigenvalue weighted by Gasteiger charge is 2.36. The Bertz CT molecular complexity index is 2050. The summed E-state index contributed by atoms with van der Waals surface area (Å²) in [5, 5.41) is 0. The number of aryl methyl sites for hydroxylation is 2. The van der Waals surface area contributed by atoms with Crippen molar-refractivity contribution in [2.75, 3.05) is 22.8 Å². The molecule has 4 heterocycles. The van der Waals surface area contributed by atoms with Gasteiger partial charge in [-0.2, -0.15) is 4.98 Å². The van der Waals surface area contributed by atoms with E-state index < -0.39 is 16.1 Å². The Hall–Kier alpha value is -4.58. The lowest BCUT2D eigenvalue weighted by Crippen LogP contribution is -2.45. The Morgan fingerprint density at radius 2 is 1.71 bits per heavy atom. The minimum Gasteiger partial charge on any atom is -0.475 e. The van der Waals surface area contributed by atoms with Crippen LogP contribution in [0.25, 0.3) is 11.3 Å². The van der Waals surface area contributed by atoms with E-state index in [1.807, 2.05) is 38.2 Å². The minimum atomic E-state index is -4.18. The highest BCUT2D eigenvalue weighted by Crippen LogP contribution is 2.37. The van der Waals surface area contributed by atoms with Gasteiger partial charge in [-0.25, -0.2) is 23.1 Å². The van der Waals surface area contributed by atoms with Crippen LogP contribution in [0.2, 0.25) is 0 Å². The van der Waals surface area contributed by atoms with Crippen molar-refractivity contribution in [3.05, 3.63) is 83.3 Å². The first-order chi connectivity index (χ1) is 24.8. The fraction of sp³-hybridized carbons (Fsp3) is 0.475. The van der Waals surface area contributed by atoms with Gasteiger partial charge in [0.15, 0.2) is 0 Å². The van der Waals surface area contributed by atoms with Crippen molar-refractivity contribution in [2.24, 2.45) is 11.3 Å². The molecule has 2 aromatic carbocycles. The van der Waals surface area contributed by atoms with Gasteiger partial charge in [-0.1, -0.05) is 64.3 Å². The zero-order valence-corrected chi connectivity index (χ0v) is 31.6. The standard InChI is InChI=1S/C40H49N7O4S.H2/c1-26-11-9-12-27(2)37(26)33-20-36-44-39(43-33)45-52(49,50)32-15-10-14-29(19-32)38(48)47(31(25-51-36)21-40(3,4)5)24-30-22-41-23-35(42-30)46-18-17-28-13-7-6-8-16-34(28)46;/h9-12,14-15,19-20,22-23,28,31,34H,6-8,13,16-18,21,24-25H2,1-5H3,(H,43,44,45);1H/t28?,31-,34?;/m1./s1. The molecule has 3 atom stereocenters. The number of amides is 1. The summed E-state index contributed by atoms with van der Waals surface area (Å²) in [6.07, 6.45) is 11.5. The van der Waals surface area contributed by atoms with Crippen molar-refractivity contribution < 1.29 is 19.4 Å². The van der Waals surface area contributed by atoms with Gasteiger partial charge in [0.2, 0.25) is 11.8 Å². The first kappa shape index (κ1) is 35.8. The molecule has 12 heteroatoms. The topological polar surface area (TPSA) is 131 Å². The lowest BCUT2D eigenvalue weighted by molar-refractivity contribution is 0.0509. The van der Waals surface area contributed by atoms with E-state index in [9.17, 15) is 13.2 Å². The summed E-state index contributed by atoms with van der Waals surface area (Å²) >= 11 is 0. The van der Waals surface area contributed by atoms with Crippen LogP contribution >= 0.6 is 0 Å². The first-order valence-corrected chi connectivity index (χ1v) is 19.9. The average molecular weight is 726 g/mol. The van der Waals surface area contributed by atoms with Crippen LogP contribution in [0.15, 0.2) is 65.8 Å². The predicted octanol–water partition coefficient (Wildman–Crippen LogP) is 7.60. The molecule has 1 amide bonds. The number of carbonyl (C=O) groups is 1. The number of rotatable bonds is 5. The van der Waals surface area contributed by atoms with E-state index in [2.05, 4.69) is 45.3 Å². The number of nitrogens with zero attached hydrogens (tertiary/aromatic N) is 6. The summed E-state index contributed by atoms with van der Waals surface area (Å²) in [5.74, 6) is 1.30. The Balaban J connectivity index is 0.00000481. The minimum absolute atomic E-state index is 0. The van der Waals surface area contributed by atoms with Gasteiger partial charge in [-0.15, -0.1) is 0 Å². The number of nitrogens with one attached hydrogen (secondary N) is 1. The predicted molar refractivity (Wildman–Crippen MR) is 204 cm³/mol. The monoisotopic (exact) mass is 725 g/mol. The largest absolute Gasteiger partial charge is 0.475 e. The second-order valence-corrected chi connectivity index (χ2v) is 17.5. The number of anilines is 2. The molecule has 3 aliphatic rings. The quantitative estimate of drug-likeness (QED) is 0.221. The van der Waals surface area contributed by atoms with Crippen molar-refractivity contribution in [3.63, 3.8) is 0 Å². The molecular formula is C40H51N7O4S. The van der Waals surface area contributed by atoms with Crippen molar-refractivity contribution in [1.29, 1.82) is 0 Å². The van der Waals surface area contributed by atoms with E-state index in [-0.39, 0.29) is 48.2 Å². The van der Waals surface area contributed by atoms with Crippen LogP contribution in [0.3, 0.4) is 0 Å². The van der Waals surface area contributed by atoms with Crippen LogP contribution in [0.1, 0.15) is 94.3 Å². The fourth-order valence-electron chi connectivity index (χ4n) is 8.20. The Morgan fingerprint density at radius 3 is 2.50 bits per heavy atom. The summed E-state index contributed by atoms with van der Waals surface area (Å²) in [6.45, 7) is 11.6. The molecule has 1 saturated carbocycles. The summed E-state index contributed by atoms with van der Waals surface area (Å²) < 4.78 is 36.6. The van der Waals surface area contributed by atoms with Crippen LogP contribution in [0.5, 0.6) is 5.88 Å². The molecule has 52 heavy (non-hydrogen) atoms. The first-order valence-electron chi connectivity index (χ1n) is 18.4. The van der Waals surface area contributed by atoms with Crippen molar-refractivity contribution in [3.8, 4) is 17.1 Å². The van der Waals surface area contributed by atoms with Gasteiger partial charge in [0.1, 0.15) is 12.4 Å². The zero-order chi connectivity index (χ0) is 36.6. The molecule has 11 nitrogen and oxygen atoms in total. The molecule has 2 fully saturated rings. The molecule has 0 spiro atoms. The number of aromatic nitrogens is 4. The van der Waals surface area contributed by atoms with Crippen LogP contribution < -0.4 is 14.4 Å². The van der Waals surface area contributed by atoms with E-state index in [0.717, 1.165) is 41.9 Å². The molecule has 7 rings (SSSR count). The normalized spacial score (nSPS) is 21.9. The molecule has 2 aromatic heterocycles. The molecule has 2 unspecified atom stereocenters. The third-order valence-corrected chi connectivity index (χ3v) is 11.9. The molecule has 4 aromatic rings. The number of sulfonamides is 1. The third kappa shape index (κ3) is 7.77. The zero-order valence-electron chi connectivity index (χ0n) is 30.8. The van der Waals surface area contributed by atoms with Gasteiger partial charge < -0.3 is 14.5 Å². The van der Waals surface area contributed by atoms with Gasteiger partial charge in [-0.3, -0.25) is 9.78 Å². The SMILES string of the molecule is Cc1cccc(C)c1-c1cc2nc(n1)NS(=O)(=O)c1cccc(c1)C(=O)N(Cc1cncc(N3CCC4CCCCCC43)n1)[C@H](CC(C)(C)C)CO2.[HH]. The smallest absolute Gasteiger partial charge is 0.264 e. The second-order valence-electron chi connectivity index (χ2n) is 15.8. The maximum absolute atomic E-state index is 14.7. The van der Waals surface area contributed by atoms with Gasteiger partial charge >= 0.3 is 0 Å². The molecule has 1 N–H and O–H groups in total. The summed E-state index contributed by atoms with van der Waals surface area (Å²) in [5.41, 5.74) is 4.10. The lowest BCUT2D eigenvalue weighted by atomic mass is 9.87. The fourth-order valence-corrected chi connectivity index (χ4v) is 9.19. The van der Waals surface area contributed by atoms with Gasteiger partial charge in [0, 0.05) is 31.2 Å². The number of hydrogen-bond donors (Lipinski definition) is 1. The Morgan fingerprint density at radius 1 is 0.942 bits per heavy atom. The van der Waals surface area contributed by atoms with Crippen LogP contribution in [0, 0.1) is 25.2 Å². The molecule has 4 bridgehead atoms. The average Bonchev–Trinajstić information content (AvgIpc) is 3.35. The Labute approximate surface area is 308 Å². The number of hydrogen-bond acceptors (Lipinski definition) is 9. The Kier molecular flexibility index (Phi) is 9.95. The highest BCUT2D eigenvalue weighted by atomic mass is 32.2. The molecule has 1 saturated heterocycles. The number of carbonyl (C=O) groups excluding carboxylic acids is 1. The maximum atomic E-state index is 14.7.